The zero-order chi connectivity index (χ0) is 13.1. The fourth-order valence-electron chi connectivity index (χ4n) is 2.08. The molecule has 0 aliphatic carbocycles. The molecular weight excluding hydrogens is 226 g/mol. The summed E-state index contributed by atoms with van der Waals surface area (Å²) < 4.78 is 0. The Balaban J connectivity index is 2.20. The molecular formula is C13H31N5. The van der Waals surface area contributed by atoms with Gasteiger partial charge in [0.15, 0.2) is 0 Å². The summed E-state index contributed by atoms with van der Waals surface area (Å²) in [7, 11) is 0. The zero-order valence-electron chi connectivity index (χ0n) is 11.9. The highest BCUT2D eigenvalue weighted by Gasteiger charge is 2.16. The van der Waals surface area contributed by atoms with Crippen molar-refractivity contribution < 1.29 is 0 Å². The molecule has 0 radical (unpaired) electrons. The van der Waals surface area contributed by atoms with E-state index in [0.29, 0.717) is 0 Å². The monoisotopic (exact) mass is 257 g/mol. The molecule has 108 valence electrons. The van der Waals surface area contributed by atoms with Crippen molar-refractivity contribution in [2.45, 2.75) is 31.7 Å². The van der Waals surface area contributed by atoms with Gasteiger partial charge in [-0.2, -0.15) is 0 Å². The predicted molar refractivity (Wildman–Crippen MR) is 77.9 cm³/mol. The summed E-state index contributed by atoms with van der Waals surface area (Å²) in [5, 5.41) is 13.8. The van der Waals surface area contributed by atoms with Crippen LogP contribution >= 0.6 is 0 Å². The van der Waals surface area contributed by atoms with Crippen molar-refractivity contribution in [3.05, 3.63) is 0 Å². The van der Waals surface area contributed by atoms with Crippen LogP contribution in [0.25, 0.3) is 0 Å². The minimum absolute atomic E-state index is 0.155. The van der Waals surface area contributed by atoms with Gasteiger partial charge < -0.3 is 27.0 Å². The van der Waals surface area contributed by atoms with E-state index in [1.54, 1.807) is 0 Å². The molecule has 0 atom stereocenters. The minimum Gasteiger partial charge on any atom is -0.323 e. The van der Waals surface area contributed by atoms with Crippen LogP contribution in [0.15, 0.2) is 0 Å². The predicted octanol–water partition coefficient (Wildman–Crippen LogP) is -0.754. The van der Waals surface area contributed by atoms with Crippen molar-refractivity contribution in [2.75, 3.05) is 52.4 Å². The third kappa shape index (κ3) is 8.83. The first-order chi connectivity index (χ1) is 8.71. The lowest BCUT2D eigenvalue weighted by Gasteiger charge is -2.25. The standard InChI is InChI=1S/C13H31N5/c1-13(14)11-17-9-3-7-15-5-2-6-16-8-4-10-18-12-13/h15-18H,2-12,14H2,1H3. The number of nitrogens with two attached hydrogens (primary N) is 1. The molecule has 1 heterocycles. The van der Waals surface area contributed by atoms with E-state index in [1.165, 1.54) is 6.42 Å². The van der Waals surface area contributed by atoms with Crippen LogP contribution in [0.1, 0.15) is 26.2 Å². The summed E-state index contributed by atoms with van der Waals surface area (Å²) in [5.41, 5.74) is 6.07. The van der Waals surface area contributed by atoms with E-state index in [2.05, 4.69) is 28.2 Å². The minimum atomic E-state index is -0.155. The highest BCUT2D eigenvalue weighted by molar-refractivity contribution is 4.83. The second-order valence-corrected chi connectivity index (χ2v) is 5.57. The first-order valence-corrected chi connectivity index (χ1v) is 7.32. The molecule has 0 bridgehead atoms. The largest absolute Gasteiger partial charge is 0.323 e. The highest BCUT2D eigenvalue weighted by atomic mass is 15.0. The second kappa shape index (κ2) is 9.69. The Morgan fingerprint density at radius 1 is 0.667 bits per heavy atom. The van der Waals surface area contributed by atoms with Gasteiger partial charge in [-0.25, -0.2) is 0 Å². The van der Waals surface area contributed by atoms with Crippen molar-refractivity contribution >= 4 is 0 Å². The Morgan fingerprint density at radius 2 is 1.00 bits per heavy atom. The van der Waals surface area contributed by atoms with Gasteiger partial charge in [0.2, 0.25) is 0 Å². The lowest BCUT2D eigenvalue weighted by atomic mass is 10.0. The summed E-state index contributed by atoms with van der Waals surface area (Å²) in [6.07, 6.45) is 3.54. The van der Waals surface area contributed by atoms with Crippen LogP contribution in [0.2, 0.25) is 0 Å². The summed E-state index contributed by atoms with van der Waals surface area (Å²) in [4.78, 5) is 0. The van der Waals surface area contributed by atoms with E-state index in [4.69, 9.17) is 5.73 Å². The van der Waals surface area contributed by atoms with Crippen LogP contribution in [0.3, 0.4) is 0 Å². The molecule has 0 spiro atoms. The highest BCUT2D eigenvalue weighted by Crippen LogP contribution is 1.95. The number of rotatable bonds is 0. The molecule has 0 aromatic rings. The van der Waals surface area contributed by atoms with Gasteiger partial charge in [-0.15, -0.1) is 0 Å². The SMILES string of the molecule is CC1(N)CNCCCNCCCNCCCNC1. The molecule has 1 fully saturated rings. The average molecular weight is 257 g/mol. The van der Waals surface area contributed by atoms with Gasteiger partial charge in [0.25, 0.3) is 0 Å². The fraction of sp³-hybridized carbons (Fsp3) is 1.00. The van der Waals surface area contributed by atoms with Crippen molar-refractivity contribution in [1.29, 1.82) is 0 Å². The molecule has 18 heavy (non-hydrogen) atoms. The summed E-state index contributed by atoms with van der Waals surface area (Å²) >= 11 is 0. The molecule has 0 aromatic heterocycles. The normalized spacial score (nSPS) is 25.7. The lowest BCUT2D eigenvalue weighted by Crippen LogP contribution is -2.53. The third-order valence-corrected chi connectivity index (χ3v) is 3.18. The topological polar surface area (TPSA) is 74.1 Å². The molecule has 1 aliphatic rings. The van der Waals surface area contributed by atoms with Crippen molar-refractivity contribution in [1.82, 2.24) is 21.3 Å². The van der Waals surface area contributed by atoms with Gasteiger partial charge in [0, 0.05) is 18.6 Å². The van der Waals surface area contributed by atoms with Gasteiger partial charge in [-0.3, -0.25) is 0 Å². The van der Waals surface area contributed by atoms with Gasteiger partial charge >= 0.3 is 0 Å². The van der Waals surface area contributed by atoms with Gasteiger partial charge in [-0.1, -0.05) is 0 Å². The average Bonchev–Trinajstić information content (AvgIpc) is 2.32. The summed E-state index contributed by atoms with van der Waals surface area (Å²) in [6.45, 7) is 10.3. The quantitative estimate of drug-likeness (QED) is 0.395. The van der Waals surface area contributed by atoms with E-state index in [0.717, 1.165) is 65.2 Å². The molecule has 1 saturated heterocycles. The maximum absolute atomic E-state index is 6.23. The van der Waals surface area contributed by atoms with Crippen LogP contribution < -0.4 is 27.0 Å². The van der Waals surface area contributed by atoms with Crippen LogP contribution in [0, 0.1) is 0 Å². The van der Waals surface area contributed by atoms with E-state index < -0.39 is 0 Å². The number of hydrogen-bond donors (Lipinski definition) is 5. The van der Waals surface area contributed by atoms with Crippen LogP contribution in [-0.4, -0.2) is 57.9 Å². The van der Waals surface area contributed by atoms with E-state index >= 15 is 0 Å². The molecule has 6 N–H and O–H groups in total. The van der Waals surface area contributed by atoms with E-state index in [1.807, 2.05) is 0 Å². The van der Waals surface area contributed by atoms with Crippen LogP contribution in [0.5, 0.6) is 0 Å². The number of hydrogen-bond acceptors (Lipinski definition) is 5. The van der Waals surface area contributed by atoms with Gasteiger partial charge in [-0.05, 0) is 65.5 Å². The molecule has 0 saturated carbocycles. The number of nitrogens with one attached hydrogen (secondary N) is 4. The Labute approximate surface area is 112 Å². The molecule has 1 aliphatic heterocycles. The molecule has 5 heteroatoms. The van der Waals surface area contributed by atoms with Crippen molar-refractivity contribution in [3.8, 4) is 0 Å². The Morgan fingerprint density at radius 3 is 1.39 bits per heavy atom. The van der Waals surface area contributed by atoms with Gasteiger partial charge in [0.05, 0.1) is 0 Å². The molecule has 5 nitrogen and oxygen atoms in total. The first-order valence-electron chi connectivity index (χ1n) is 7.32. The third-order valence-electron chi connectivity index (χ3n) is 3.18. The van der Waals surface area contributed by atoms with E-state index in [9.17, 15) is 0 Å². The molecule has 0 unspecified atom stereocenters. The summed E-state index contributed by atoms with van der Waals surface area (Å²) in [5.74, 6) is 0. The molecule has 1 rings (SSSR count). The summed E-state index contributed by atoms with van der Waals surface area (Å²) in [6, 6.07) is 0. The van der Waals surface area contributed by atoms with Crippen molar-refractivity contribution in [3.63, 3.8) is 0 Å². The second-order valence-electron chi connectivity index (χ2n) is 5.57. The Bertz CT molecular complexity index is 178. The van der Waals surface area contributed by atoms with E-state index in [-0.39, 0.29) is 5.54 Å². The van der Waals surface area contributed by atoms with Crippen molar-refractivity contribution in [2.24, 2.45) is 5.73 Å². The molecule has 0 aromatic carbocycles. The van der Waals surface area contributed by atoms with Gasteiger partial charge in [0.1, 0.15) is 0 Å². The molecule has 0 amide bonds. The zero-order valence-corrected chi connectivity index (χ0v) is 11.9. The van der Waals surface area contributed by atoms with Crippen LogP contribution in [0.4, 0.5) is 0 Å². The Hall–Kier alpha value is -0.200. The smallest absolute Gasteiger partial charge is 0.0378 e. The lowest BCUT2D eigenvalue weighted by molar-refractivity contribution is 0.395. The maximum Gasteiger partial charge on any atom is 0.0378 e. The first kappa shape index (κ1) is 15.9. The fourth-order valence-corrected chi connectivity index (χ4v) is 2.08. The Kier molecular flexibility index (Phi) is 8.54. The van der Waals surface area contributed by atoms with Crippen LogP contribution in [-0.2, 0) is 0 Å². The maximum atomic E-state index is 6.23.